The highest BCUT2D eigenvalue weighted by molar-refractivity contribution is 7.14. The van der Waals surface area contributed by atoms with Gasteiger partial charge >= 0.3 is 0 Å². The Morgan fingerprint density at radius 2 is 2.33 bits per heavy atom. The summed E-state index contributed by atoms with van der Waals surface area (Å²) in [5.41, 5.74) is -0.305. The van der Waals surface area contributed by atoms with Crippen molar-refractivity contribution in [2.75, 3.05) is 24.5 Å². The standard InChI is InChI=1S/C11H16N2OS/c1-11(2)8-12-5-6-13(10(11)14)9-4-3-7-15-9/h3-4,7,12H,5-6,8H2,1-2H3. The molecule has 0 aromatic carbocycles. The molecular formula is C11H16N2OS. The zero-order valence-electron chi connectivity index (χ0n) is 9.12. The third-order valence-corrected chi connectivity index (χ3v) is 3.57. The summed E-state index contributed by atoms with van der Waals surface area (Å²) in [6.07, 6.45) is 0. The minimum absolute atomic E-state index is 0.218. The predicted molar refractivity (Wildman–Crippen MR) is 63.3 cm³/mol. The Morgan fingerprint density at radius 3 is 3.00 bits per heavy atom. The number of hydrogen-bond acceptors (Lipinski definition) is 3. The second-order valence-electron chi connectivity index (χ2n) is 4.47. The van der Waals surface area contributed by atoms with Crippen molar-refractivity contribution in [2.24, 2.45) is 5.41 Å². The van der Waals surface area contributed by atoms with Gasteiger partial charge in [0.2, 0.25) is 5.91 Å². The van der Waals surface area contributed by atoms with Crippen LogP contribution in [0.15, 0.2) is 17.5 Å². The summed E-state index contributed by atoms with van der Waals surface area (Å²) < 4.78 is 0. The summed E-state index contributed by atoms with van der Waals surface area (Å²) in [5.74, 6) is 0.218. The highest BCUT2D eigenvalue weighted by atomic mass is 32.1. The molecule has 4 heteroatoms. The number of carbonyl (C=O) groups is 1. The van der Waals surface area contributed by atoms with Gasteiger partial charge in [0, 0.05) is 19.6 Å². The van der Waals surface area contributed by atoms with Crippen LogP contribution in [0.3, 0.4) is 0 Å². The second kappa shape index (κ2) is 3.94. The molecule has 1 aliphatic rings. The van der Waals surface area contributed by atoms with Crippen molar-refractivity contribution in [3.8, 4) is 0 Å². The van der Waals surface area contributed by atoms with E-state index in [-0.39, 0.29) is 11.3 Å². The minimum atomic E-state index is -0.305. The summed E-state index contributed by atoms with van der Waals surface area (Å²) in [7, 11) is 0. The van der Waals surface area contributed by atoms with Crippen molar-refractivity contribution in [1.82, 2.24) is 5.32 Å². The number of rotatable bonds is 1. The highest BCUT2D eigenvalue weighted by Crippen LogP contribution is 2.27. The molecule has 1 N–H and O–H groups in total. The van der Waals surface area contributed by atoms with Gasteiger partial charge in [-0.15, -0.1) is 11.3 Å². The second-order valence-corrected chi connectivity index (χ2v) is 5.39. The number of amides is 1. The molecule has 82 valence electrons. The van der Waals surface area contributed by atoms with Gasteiger partial charge in [-0.25, -0.2) is 0 Å². The van der Waals surface area contributed by atoms with E-state index in [9.17, 15) is 4.79 Å². The van der Waals surface area contributed by atoms with E-state index in [2.05, 4.69) is 5.32 Å². The summed E-state index contributed by atoms with van der Waals surface area (Å²) in [6, 6.07) is 3.99. The fourth-order valence-corrected chi connectivity index (χ4v) is 2.52. The van der Waals surface area contributed by atoms with Crippen LogP contribution in [0.5, 0.6) is 0 Å². The maximum absolute atomic E-state index is 12.3. The van der Waals surface area contributed by atoms with Gasteiger partial charge in [-0.05, 0) is 31.4 Å². The fraction of sp³-hybridized carbons (Fsp3) is 0.545. The molecule has 1 aromatic rings. The molecule has 2 heterocycles. The molecule has 3 nitrogen and oxygen atoms in total. The number of hydrogen-bond donors (Lipinski definition) is 1. The molecule has 0 radical (unpaired) electrons. The summed E-state index contributed by atoms with van der Waals surface area (Å²) >= 11 is 1.62. The van der Waals surface area contributed by atoms with E-state index in [0.717, 1.165) is 24.6 Å². The van der Waals surface area contributed by atoms with Gasteiger partial charge in [-0.2, -0.15) is 0 Å². The Labute approximate surface area is 94.1 Å². The smallest absolute Gasteiger partial charge is 0.234 e. The summed E-state index contributed by atoms with van der Waals surface area (Å²) in [6.45, 7) is 6.38. The van der Waals surface area contributed by atoms with Crippen LogP contribution < -0.4 is 10.2 Å². The maximum atomic E-state index is 12.3. The lowest BCUT2D eigenvalue weighted by molar-refractivity contribution is -0.125. The van der Waals surface area contributed by atoms with Crippen LogP contribution >= 0.6 is 11.3 Å². The molecule has 0 unspecified atom stereocenters. The molecule has 0 saturated carbocycles. The maximum Gasteiger partial charge on any atom is 0.234 e. The first-order valence-electron chi connectivity index (χ1n) is 5.17. The topological polar surface area (TPSA) is 32.3 Å². The fourth-order valence-electron chi connectivity index (χ4n) is 1.77. The van der Waals surface area contributed by atoms with E-state index in [1.165, 1.54) is 0 Å². The minimum Gasteiger partial charge on any atom is -0.314 e. The molecule has 0 atom stereocenters. The first-order chi connectivity index (χ1) is 7.11. The Bertz CT molecular complexity index is 345. The van der Waals surface area contributed by atoms with Crippen molar-refractivity contribution in [1.29, 1.82) is 0 Å². The first-order valence-corrected chi connectivity index (χ1v) is 6.05. The normalized spacial score (nSPS) is 21.5. The van der Waals surface area contributed by atoms with E-state index in [0.29, 0.717) is 0 Å². The molecule has 1 aliphatic heterocycles. The Kier molecular flexibility index (Phi) is 2.80. The van der Waals surface area contributed by atoms with Crippen LogP contribution in [0.4, 0.5) is 5.00 Å². The van der Waals surface area contributed by atoms with Crippen LogP contribution in [-0.2, 0) is 4.79 Å². The van der Waals surface area contributed by atoms with Crippen molar-refractivity contribution in [2.45, 2.75) is 13.8 Å². The van der Waals surface area contributed by atoms with Crippen molar-refractivity contribution < 1.29 is 4.79 Å². The largest absolute Gasteiger partial charge is 0.314 e. The number of thiophene rings is 1. The number of nitrogens with one attached hydrogen (secondary N) is 1. The van der Waals surface area contributed by atoms with Crippen LogP contribution in [0.25, 0.3) is 0 Å². The lowest BCUT2D eigenvalue weighted by atomic mass is 9.92. The highest BCUT2D eigenvalue weighted by Gasteiger charge is 2.34. The third kappa shape index (κ3) is 2.06. The molecule has 15 heavy (non-hydrogen) atoms. The zero-order chi connectivity index (χ0) is 10.9. The molecule has 1 amide bonds. The van der Waals surface area contributed by atoms with Gasteiger partial charge < -0.3 is 10.2 Å². The number of carbonyl (C=O) groups excluding carboxylic acids is 1. The molecule has 0 aliphatic carbocycles. The summed E-state index contributed by atoms with van der Waals surface area (Å²) in [4.78, 5) is 14.2. The van der Waals surface area contributed by atoms with Crippen LogP contribution in [0.1, 0.15) is 13.8 Å². The van der Waals surface area contributed by atoms with Gasteiger partial charge in [0.1, 0.15) is 0 Å². The average Bonchev–Trinajstić information content (AvgIpc) is 2.66. The molecule has 0 bridgehead atoms. The van der Waals surface area contributed by atoms with E-state index in [1.54, 1.807) is 11.3 Å². The molecule has 1 fully saturated rings. The van der Waals surface area contributed by atoms with E-state index in [4.69, 9.17) is 0 Å². The summed E-state index contributed by atoms with van der Waals surface area (Å²) in [5, 5.41) is 6.36. The molecule has 1 saturated heterocycles. The third-order valence-electron chi connectivity index (χ3n) is 2.68. The lowest BCUT2D eigenvalue weighted by Gasteiger charge is -2.27. The van der Waals surface area contributed by atoms with Crippen molar-refractivity contribution in [3.63, 3.8) is 0 Å². The van der Waals surface area contributed by atoms with Gasteiger partial charge in [0.05, 0.1) is 10.4 Å². The first kappa shape index (κ1) is 10.6. The predicted octanol–water partition coefficient (Wildman–Crippen LogP) is 1.71. The Morgan fingerprint density at radius 1 is 1.53 bits per heavy atom. The van der Waals surface area contributed by atoms with Crippen LogP contribution in [-0.4, -0.2) is 25.5 Å². The van der Waals surface area contributed by atoms with Crippen molar-refractivity contribution in [3.05, 3.63) is 17.5 Å². The lowest BCUT2D eigenvalue weighted by Crippen LogP contribution is -2.41. The van der Waals surface area contributed by atoms with Crippen molar-refractivity contribution >= 4 is 22.2 Å². The molecular weight excluding hydrogens is 208 g/mol. The quantitative estimate of drug-likeness (QED) is 0.787. The monoisotopic (exact) mass is 224 g/mol. The van der Waals surface area contributed by atoms with Crippen LogP contribution in [0, 0.1) is 5.41 Å². The Balaban J connectivity index is 2.27. The number of nitrogens with zero attached hydrogens (tertiary/aromatic N) is 1. The van der Waals surface area contributed by atoms with E-state index < -0.39 is 0 Å². The van der Waals surface area contributed by atoms with Gasteiger partial charge in [-0.1, -0.05) is 0 Å². The Hall–Kier alpha value is -0.870. The molecule has 2 rings (SSSR count). The van der Waals surface area contributed by atoms with Crippen LogP contribution in [0.2, 0.25) is 0 Å². The number of anilines is 1. The van der Waals surface area contributed by atoms with E-state index >= 15 is 0 Å². The SMILES string of the molecule is CC1(C)CNCCN(c2cccs2)C1=O. The van der Waals surface area contributed by atoms with Gasteiger partial charge in [-0.3, -0.25) is 4.79 Å². The molecule has 0 spiro atoms. The molecule has 1 aromatic heterocycles. The average molecular weight is 224 g/mol. The van der Waals surface area contributed by atoms with Gasteiger partial charge in [0.15, 0.2) is 0 Å². The van der Waals surface area contributed by atoms with E-state index in [1.807, 2.05) is 36.3 Å². The van der Waals surface area contributed by atoms with Gasteiger partial charge in [0.25, 0.3) is 0 Å². The zero-order valence-corrected chi connectivity index (χ0v) is 9.93.